The first kappa shape index (κ1) is 21.1. The summed E-state index contributed by atoms with van der Waals surface area (Å²) in [4.78, 5) is 31.9. The van der Waals surface area contributed by atoms with Crippen LogP contribution in [0.1, 0.15) is 43.1 Å². The van der Waals surface area contributed by atoms with Crippen LogP contribution in [0.5, 0.6) is 5.75 Å². The van der Waals surface area contributed by atoms with Crippen LogP contribution < -0.4 is 16.0 Å². The topological polar surface area (TPSA) is 90.4 Å². The van der Waals surface area contributed by atoms with E-state index in [1.807, 2.05) is 24.3 Å². The monoisotopic (exact) mass is 420 g/mol. The Balaban J connectivity index is 1.73. The summed E-state index contributed by atoms with van der Waals surface area (Å²) < 4.78 is 6.74. The average molecular weight is 421 g/mol. The summed E-state index contributed by atoms with van der Waals surface area (Å²) in [5.41, 5.74) is 7.08. The molecular weight excluding hydrogens is 392 g/mol. The maximum atomic E-state index is 13.1. The van der Waals surface area contributed by atoms with Gasteiger partial charge in [-0.1, -0.05) is 37.1 Å². The van der Waals surface area contributed by atoms with Crippen molar-refractivity contribution in [1.82, 2.24) is 14.5 Å². The number of carbonyl (C=O) groups excluding carboxylic acids is 1. The number of aromatic nitrogens is 2. The number of amides is 1. The predicted octanol–water partition coefficient (Wildman–Crippen LogP) is 3.01. The van der Waals surface area contributed by atoms with Crippen molar-refractivity contribution in [2.75, 3.05) is 13.7 Å². The number of nitrogens with zero attached hydrogens (tertiary/aromatic N) is 3. The summed E-state index contributed by atoms with van der Waals surface area (Å²) in [6.45, 7) is 1.20. The maximum Gasteiger partial charge on any atom is 0.261 e. The lowest BCUT2D eigenvalue weighted by Crippen LogP contribution is -2.36. The molecule has 1 fully saturated rings. The first-order valence-corrected chi connectivity index (χ1v) is 10.7. The molecular formula is C24H28N4O3. The number of fused-ring (bicyclic) bond motifs is 1. The molecule has 2 heterocycles. The van der Waals surface area contributed by atoms with Gasteiger partial charge >= 0.3 is 0 Å². The minimum Gasteiger partial charge on any atom is -0.497 e. The normalized spacial score (nSPS) is 17.4. The molecule has 162 valence electrons. The summed E-state index contributed by atoms with van der Waals surface area (Å²) in [6.07, 6.45) is 4.43. The van der Waals surface area contributed by atoms with E-state index in [9.17, 15) is 9.59 Å². The highest BCUT2D eigenvalue weighted by atomic mass is 16.5. The van der Waals surface area contributed by atoms with E-state index >= 15 is 0 Å². The third-order valence-electron chi connectivity index (χ3n) is 5.96. The van der Waals surface area contributed by atoms with E-state index in [0.717, 1.165) is 31.6 Å². The largest absolute Gasteiger partial charge is 0.497 e. The van der Waals surface area contributed by atoms with Gasteiger partial charge in [-0.3, -0.25) is 19.1 Å². The number of ether oxygens (including phenoxy) is 1. The third-order valence-corrected chi connectivity index (χ3v) is 5.96. The second-order valence-corrected chi connectivity index (χ2v) is 8.01. The first-order valence-electron chi connectivity index (χ1n) is 10.7. The van der Waals surface area contributed by atoms with Gasteiger partial charge in [0.05, 0.1) is 24.6 Å². The molecule has 1 atom stereocenters. The van der Waals surface area contributed by atoms with Gasteiger partial charge in [0.15, 0.2) is 0 Å². The molecule has 2 N–H and O–H groups in total. The Hall–Kier alpha value is -3.19. The Morgan fingerprint density at radius 1 is 1.13 bits per heavy atom. The van der Waals surface area contributed by atoms with Crippen molar-refractivity contribution in [2.24, 2.45) is 5.73 Å². The minimum atomic E-state index is -0.553. The summed E-state index contributed by atoms with van der Waals surface area (Å²) in [6, 6.07) is 15.6. The van der Waals surface area contributed by atoms with E-state index in [1.54, 1.807) is 19.2 Å². The van der Waals surface area contributed by atoms with Gasteiger partial charge in [0.2, 0.25) is 5.91 Å². The fourth-order valence-corrected chi connectivity index (χ4v) is 4.40. The van der Waals surface area contributed by atoms with Crippen LogP contribution in [0.25, 0.3) is 10.9 Å². The molecule has 1 saturated heterocycles. The Kier molecular flexibility index (Phi) is 6.32. The van der Waals surface area contributed by atoms with E-state index in [-0.39, 0.29) is 18.1 Å². The van der Waals surface area contributed by atoms with Gasteiger partial charge in [-0.25, -0.2) is 4.98 Å². The molecule has 7 heteroatoms. The lowest BCUT2D eigenvalue weighted by molar-refractivity contribution is -0.118. The molecule has 0 radical (unpaired) electrons. The van der Waals surface area contributed by atoms with Crippen molar-refractivity contribution in [3.05, 3.63) is 70.3 Å². The van der Waals surface area contributed by atoms with E-state index in [0.29, 0.717) is 23.3 Å². The summed E-state index contributed by atoms with van der Waals surface area (Å²) >= 11 is 0. The zero-order valence-corrected chi connectivity index (χ0v) is 17.8. The molecule has 1 aliphatic heterocycles. The molecule has 2 aromatic carbocycles. The highest BCUT2D eigenvalue weighted by Gasteiger charge is 2.25. The quantitative estimate of drug-likeness (QED) is 0.662. The Labute approximate surface area is 181 Å². The molecule has 31 heavy (non-hydrogen) atoms. The van der Waals surface area contributed by atoms with E-state index in [2.05, 4.69) is 17.0 Å². The highest BCUT2D eigenvalue weighted by Crippen LogP contribution is 2.32. The van der Waals surface area contributed by atoms with Gasteiger partial charge in [0, 0.05) is 6.04 Å². The zero-order chi connectivity index (χ0) is 21.8. The molecule has 0 spiro atoms. The van der Waals surface area contributed by atoms with Gasteiger partial charge in [-0.05, 0) is 49.2 Å². The number of carbonyl (C=O) groups is 1. The molecule has 7 nitrogen and oxygen atoms in total. The van der Waals surface area contributed by atoms with Crippen LogP contribution in [0.2, 0.25) is 0 Å². The van der Waals surface area contributed by atoms with Crippen molar-refractivity contribution in [3.8, 4) is 5.75 Å². The van der Waals surface area contributed by atoms with Crippen LogP contribution in [0.15, 0.2) is 53.3 Å². The number of methoxy groups -OCH3 is 1. The number of nitrogens with two attached hydrogens (primary N) is 1. The lowest BCUT2D eigenvalue weighted by Gasteiger charge is -2.31. The smallest absolute Gasteiger partial charge is 0.261 e. The number of hydrogen-bond donors (Lipinski definition) is 1. The molecule has 4 rings (SSSR count). The van der Waals surface area contributed by atoms with E-state index in [1.165, 1.54) is 16.6 Å². The van der Waals surface area contributed by atoms with Crippen molar-refractivity contribution < 1.29 is 9.53 Å². The summed E-state index contributed by atoms with van der Waals surface area (Å²) in [5.74, 6) is 0.848. The number of benzene rings is 2. The minimum absolute atomic E-state index is 0.174. The van der Waals surface area contributed by atoms with Crippen molar-refractivity contribution in [3.63, 3.8) is 0 Å². The van der Waals surface area contributed by atoms with E-state index < -0.39 is 5.91 Å². The zero-order valence-electron chi connectivity index (χ0n) is 17.8. The van der Waals surface area contributed by atoms with Gasteiger partial charge in [-0.2, -0.15) is 0 Å². The second kappa shape index (κ2) is 9.31. The SMILES string of the molecule is COc1ccc([C@H]2CCCCCN2Cc2nc3ccccc3c(=O)n2CC(N)=O)cc1. The second-order valence-electron chi connectivity index (χ2n) is 8.01. The predicted molar refractivity (Wildman–Crippen MR) is 120 cm³/mol. The van der Waals surface area contributed by atoms with Crippen LogP contribution >= 0.6 is 0 Å². The highest BCUT2D eigenvalue weighted by molar-refractivity contribution is 5.78. The molecule has 0 aliphatic carbocycles. The van der Waals surface area contributed by atoms with Crippen molar-refractivity contribution in [1.29, 1.82) is 0 Å². The Morgan fingerprint density at radius 2 is 1.90 bits per heavy atom. The lowest BCUT2D eigenvalue weighted by atomic mass is 10.0. The number of primary amides is 1. The van der Waals surface area contributed by atoms with Gasteiger partial charge in [0.1, 0.15) is 18.1 Å². The number of para-hydroxylation sites is 1. The standard InChI is InChI=1S/C24H28N4O3/c1-31-18-12-10-17(11-13-18)21-9-3-2-6-14-27(21)16-23-26-20-8-5-4-7-19(20)24(30)28(23)15-22(25)29/h4-5,7-8,10-13,21H,2-3,6,9,14-16H2,1H3,(H2,25,29)/t21-/m1/s1. The van der Waals surface area contributed by atoms with Gasteiger partial charge < -0.3 is 10.5 Å². The molecule has 3 aromatic rings. The maximum absolute atomic E-state index is 13.1. The fraction of sp³-hybridized carbons (Fsp3) is 0.375. The summed E-state index contributed by atoms with van der Waals surface area (Å²) in [5, 5.41) is 0.495. The number of hydrogen-bond acceptors (Lipinski definition) is 5. The molecule has 0 unspecified atom stereocenters. The van der Waals surface area contributed by atoms with Crippen molar-refractivity contribution in [2.45, 2.75) is 44.8 Å². The van der Waals surface area contributed by atoms with E-state index in [4.69, 9.17) is 15.5 Å². The fourth-order valence-electron chi connectivity index (χ4n) is 4.40. The third kappa shape index (κ3) is 4.61. The Morgan fingerprint density at radius 3 is 2.65 bits per heavy atom. The Bertz CT molecular complexity index is 1120. The molecule has 0 bridgehead atoms. The molecule has 1 aromatic heterocycles. The summed E-state index contributed by atoms with van der Waals surface area (Å²) in [7, 11) is 1.66. The van der Waals surface area contributed by atoms with Gasteiger partial charge in [-0.15, -0.1) is 0 Å². The number of likely N-dealkylation sites (tertiary alicyclic amines) is 1. The van der Waals surface area contributed by atoms with Crippen LogP contribution in [-0.4, -0.2) is 34.0 Å². The van der Waals surface area contributed by atoms with Gasteiger partial charge in [0.25, 0.3) is 5.56 Å². The van der Waals surface area contributed by atoms with Crippen LogP contribution in [0.3, 0.4) is 0 Å². The molecule has 1 amide bonds. The molecule has 1 aliphatic rings. The average Bonchev–Trinajstić information content (AvgIpc) is 3.02. The van der Waals surface area contributed by atoms with Crippen LogP contribution in [-0.2, 0) is 17.9 Å². The van der Waals surface area contributed by atoms with Crippen LogP contribution in [0, 0.1) is 0 Å². The number of rotatable bonds is 6. The molecule has 0 saturated carbocycles. The van der Waals surface area contributed by atoms with Crippen LogP contribution in [0.4, 0.5) is 0 Å². The first-order chi connectivity index (χ1) is 15.1. The van der Waals surface area contributed by atoms with Crippen molar-refractivity contribution >= 4 is 16.8 Å².